The molecule has 1 aliphatic rings. The zero-order valence-corrected chi connectivity index (χ0v) is 14.9. The van der Waals surface area contributed by atoms with Crippen LogP contribution in [0.2, 0.25) is 0 Å². The van der Waals surface area contributed by atoms with E-state index in [-0.39, 0.29) is 5.91 Å². The first-order chi connectivity index (χ1) is 12.2. The molecule has 1 amide bonds. The Kier molecular flexibility index (Phi) is 5.48. The Morgan fingerprint density at radius 1 is 1.12 bits per heavy atom. The van der Waals surface area contributed by atoms with Crippen LogP contribution in [0, 0.1) is 0 Å². The van der Waals surface area contributed by atoms with Crippen LogP contribution in [-0.2, 0) is 6.54 Å². The molecule has 0 aliphatic carbocycles. The highest BCUT2D eigenvalue weighted by Gasteiger charge is 2.21. The van der Waals surface area contributed by atoms with Gasteiger partial charge in [-0.2, -0.15) is 0 Å². The highest BCUT2D eigenvalue weighted by atomic mass is 16.2. The number of aromatic nitrogens is 2. The monoisotopic (exact) mass is 339 g/mol. The molecule has 6 heteroatoms. The van der Waals surface area contributed by atoms with E-state index in [1.165, 1.54) is 6.42 Å². The third kappa shape index (κ3) is 4.07. The van der Waals surface area contributed by atoms with Gasteiger partial charge in [0.05, 0.1) is 5.56 Å². The van der Waals surface area contributed by atoms with Crippen molar-refractivity contribution in [2.45, 2.75) is 25.8 Å². The van der Waals surface area contributed by atoms with E-state index in [1.807, 2.05) is 48.2 Å². The summed E-state index contributed by atoms with van der Waals surface area (Å²) in [6, 6.07) is 7.62. The zero-order chi connectivity index (χ0) is 17.6. The standard InChI is InChI=1S/C19H25N5O/c1-23(2)18-15(8-6-11-21-18)14-22-17-16(9-7-10-20-17)19(25)24-12-4-3-5-13-24/h6-11H,3-5,12-14H2,1-2H3,(H,20,22). The second-order valence-electron chi connectivity index (χ2n) is 6.49. The topological polar surface area (TPSA) is 61.4 Å². The van der Waals surface area contributed by atoms with Gasteiger partial charge in [-0.25, -0.2) is 9.97 Å². The zero-order valence-electron chi connectivity index (χ0n) is 14.9. The molecule has 0 radical (unpaired) electrons. The van der Waals surface area contributed by atoms with Crippen LogP contribution in [0.5, 0.6) is 0 Å². The van der Waals surface area contributed by atoms with Crippen molar-refractivity contribution in [3.63, 3.8) is 0 Å². The fourth-order valence-electron chi connectivity index (χ4n) is 3.14. The molecule has 132 valence electrons. The van der Waals surface area contributed by atoms with Crippen LogP contribution in [-0.4, -0.2) is 48.0 Å². The number of hydrogen-bond donors (Lipinski definition) is 1. The molecule has 0 spiro atoms. The quantitative estimate of drug-likeness (QED) is 0.908. The van der Waals surface area contributed by atoms with Gasteiger partial charge < -0.3 is 15.1 Å². The molecule has 3 heterocycles. The lowest BCUT2D eigenvalue weighted by atomic mass is 10.1. The van der Waals surface area contributed by atoms with Crippen LogP contribution in [0.1, 0.15) is 35.2 Å². The average Bonchev–Trinajstić information content (AvgIpc) is 2.67. The number of amides is 1. The minimum Gasteiger partial charge on any atom is -0.365 e. The fourth-order valence-corrected chi connectivity index (χ4v) is 3.14. The third-order valence-corrected chi connectivity index (χ3v) is 4.42. The maximum atomic E-state index is 12.8. The largest absolute Gasteiger partial charge is 0.365 e. The Labute approximate surface area is 148 Å². The number of nitrogens with zero attached hydrogens (tertiary/aromatic N) is 4. The van der Waals surface area contributed by atoms with Crippen molar-refractivity contribution >= 4 is 17.5 Å². The molecular formula is C19H25N5O. The van der Waals surface area contributed by atoms with Gasteiger partial charge in [-0.15, -0.1) is 0 Å². The molecular weight excluding hydrogens is 314 g/mol. The van der Waals surface area contributed by atoms with Gasteiger partial charge in [0.2, 0.25) is 0 Å². The lowest BCUT2D eigenvalue weighted by Gasteiger charge is -2.27. The van der Waals surface area contributed by atoms with E-state index >= 15 is 0 Å². The van der Waals surface area contributed by atoms with E-state index in [0.717, 1.165) is 37.3 Å². The van der Waals surface area contributed by atoms with E-state index in [0.29, 0.717) is 17.9 Å². The van der Waals surface area contributed by atoms with Gasteiger partial charge in [-0.3, -0.25) is 4.79 Å². The molecule has 2 aromatic rings. The molecule has 0 bridgehead atoms. The molecule has 1 saturated heterocycles. The molecule has 0 unspecified atom stereocenters. The number of piperidine rings is 1. The van der Waals surface area contributed by atoms with Gasteiger partial charge in [-0.05, 0) is 37.5 Å². The molecule has 1 N–H and O–H groups in total. The molecule has 25 heavy (non-hydrogen) atoms. The van der Waals surface area contributed by atoms with Crippen LogP contribution in [0.15, 0.2) is 36.7 Å². The van der Waals surface area contributed by atoms with Crippen molar-refractivity contribution in [2.24, 2.45) is 0 Å². The van der Waals surface area contributed by atoms with Crippen LogP contribution in [0.3, 0.4) is 0 Å². The second kappa shape index (κ2) is 7.96. The van der Waals surface area contributed by atoms with Crippen molar-refractivity contribution in [3.05, 3.63) is 47.8 Å². The van der Waals surface area contributed by atoms with Crippen LogP contribution >= 0.6 is 0 Å². The Morgan fingerprint density at radius 2 is 1.84 bits per heavy atom. The minimum absolute atomic E-state index is 0.0642. The molecule has 0 aromatic carbocycles. The fraction of sp³-hybridized carbons (Fsp3) is 0.421. The minimum atomic E-state index is 0.0642. The first-order valence-electron chi connectivity index (χ1n) is 8.76. The van der Waals surface area contributed by atoms with Gasteiger partial charge in [0.15, 0.2) is 0 Å². The number of pyridine rings is 2. The number of rotatable bonds is 5. The van der Waals surface area contributed by atoms with E-state index in [9.17, 15) is 4.79 Å². The van der Waals surface area contributed by atoms with Crippen molar-refractivity contribution in [2.75, 3.05) is 37.4 Å². The summed E-state index contributed by atoms with van der Waals surface area (Å²) in [6.45, 7) is 2.24. The normalized spacial score (nSPS) is 14.2. The molecule has 6 nitrogen and oxygen atoms in total. The Bertz CT molecular complexity index is 725. The molecule has 1 fully saturated rings. The summed E-state index contributed by atoms with van der Waals surface area (Å²) in [4.78, 5) is 25.5. The van der Waals surface area contributed by atoms with Gasteiger partial charge in [0.1, 0.15) is 11.6 Å². The lowest BCUT2D eigenvalue weighted by Crippen LogP contribution is -2.36. The average molecular weight is 339 g/mol. The maximum Gasteiger partial charge on any atom is 0.257 e. The predicted molar refractivity (Wildman–Crippen MR) is 99.9 cm³/mol. The number of likely N-dealkylation sites (tertiary alicyclic amines) is 1. The smallest absolute Gasteiger partial charge is 0.257 e. The Morgan fingerprint density at radius 3 is 2.60 bits per heavy atom. The SMILES string of the molecule is CN(C)c1ncccc1CNc1ncccc1C(=O)N1CCCCC1. The Balaban J connectivity index is 1.76. The van der Waals surface area contributed by atoms with E-state index in [4.69, 9.17) is 0 Å². The molecule has 1 aliphatic heterocycles. The van der Waals surface area contributed by atoms with Crippen molar-refractivity contribution in [3.8, 4) is 0 Å². The predicted octanol–water partition coefficient (Wildman–Crippen LogP) is 2.78. The molecule has 0 atom stereocenters. The van der Waals surface area contributed by atoms with Crippen LogP contribution in [0.25, 0.3) is 0 Å². The van der Waals surface area contributed by atoms with E-state index < -0.39 is 0 Å². The van der Waals surface area contributed by atoms with Gasteiger partial charge in [0.25, 0.3) is 5.91 Å². The highest BCUT2D eigenvalue weighted by Crippen LogP contribution is 2.20. The summed E-state index contributed by atoms with van der Waals surface area (Å²) in [5, 5.41) is 3.32. The van der Waals surface area contributed by atoms with E-state index in [1.54, 1.807) is 12.4 Å². The highest BCUT2D eigenvalue weighted by molar-refractivity contribution is 5.98. The maximum absolute atomic E-state index is 12.8. The van der Waals surface area contributed by atoms with Crippen molar-refractivity contribution in [1.29, 1.82) is 0 Å². The van der Waals surface area contributed by atoms with Crippen molar-refractivity contribution in [1.82, 2.24) is 14.9 Å². The summed E-state index contributed by atoms with van der Waals surface area (Å²) in [5.41, 5.74) is 1.70. The second-order valence-corrected chi connectivity index (χ2v) is 6.49. The van der Waals surface area contributed by atoms with Crippen LogP contribution in [0.4, 0.5) is 11.6 Å². The third-order valence-electron chi connectivity index (χ3n) is 4.42. The molecule has 3 rings (SSSR count). The summed E-state index contributed by atoms with van der Waals surface area (Å²) >= 11 is 0. The van der Waals surface area contributed by atoms with Crippen molar-refractivity contribution < 1.29 is 4.79 Å². The molecule has 2 aromatic heterocycles. The molecule has 0 saturated carbocycles. The van der Waals surface area contributed by atoms with Gasteiger partial charge >= 0.3 is 0 Å². The first-order valence-corrected chi connectivity index (χ1v) is 8.76. The number of carbonyl (C=O) groups is 1. The number of anilines is 2. The first kappa shape index (κ1) is 17.2. The summed E-state index contributed by atoms with van der Waals surface area (Å²) in [5.74, 6) is 1.61. The van der Waals surface area contributed by atoms with Gasteiger partial charge in [-0.1, -0.05) is 6.07 Å². The Hall–Kier alpha value is -2.63. The number of carbonyl (C=O) groups excluding carboxylic acids is 1. The van der Waals surface area contributed by atoms with E-state index in [2.05, 4.69) is 15.3 Å². The summed E-state index contributed by atoms with van der Waals surface area (Å²) < 4.78 is 0. The number of hydrogen-bond acceptors (Lipinski definition) is 5. The number of nitrogens with one attached hydrogen (secondary N) is 1. The van der Waals surface area contributed by atoms with Gasteiger partial charge in [0, 0.05) is 51.7 Å². The van der Waals surface area contributed by atoms with Crippen LogP contribution < -0.4 is 10.2 Å². The lowest BCUT2D eigenvalue weighted by molar-refractivity contribution is 0.0725. The summed E-state index contributed by atoms with van der Waals surface area (Å²) in [7, 11) is 3.94. The summed E-state index contributed by atoms with van der Waals surface area (Å²) in [6.07, 6.45) is 6.86.